The second-order valence-electron chi connectivity index (χ2n) is 6.73. The number of aryl methyl sites for hydroxylation is 2. The number of benzene rings is 1. The van der Waals surface area contributed by atoms with Crippen LogP contribution < -0.4 is 0 Å². The smallest absolute Gasteiger partial charge is 0.246 e. The van der Waals surface area contributed by atoms with Crippen molar-refractivity contribution in [3.8, 4) is 0 Å². The second-order valence-corrected chi connectivity index (χ2v) is 8.61. The van der Waals surface area contributed by atoms with Crippen molar-refractivity contribution in [3.05, 3.63) is 47.4 Å². The fourth-order valence-electron chi connectivity index (χ4n) is 3.89. The molecule has 3 aromatic rings. The van der Waals surface area contributed by atoms with Gasteiger partial charge in [0.25, 0.3) is 0 Å². The first-order valence-corrected chi connectivity index (χ1v) is 10.00. The molecule has 2 N–H and O–H groups in total. The summed E-state index contributed by atoms with van der Waals surface area (Å²) in [6.07, 6.45) is 3.73. The molecule has 1 fully saturated rings. The van der Waals surface area contributed by atoms with Gasteiger partial charge in [-0.3, -0.25) is 5.10 Å². The molecule has 1 aliphatic heterocycles. The normalized spacial score (nSPS) is 17.4. The van der Waals surface area contributed by atoms with Gasteiger partial charge in [0, 0.05) is 30.2 Å². The monoisotopic (exact) mass is 358 g/mol. The molecular weight excluding hydrogens is 336 g/mol. The lowest BCUT2D eigenvalue weighted by Crippen LogP contribution is -2.38. The second kappa shape index (κ2) is 6.00. The van der Waals surface area contributed by atoms with Crippen molar-refractivity contribution in [2.75, 3.05) is 13.1 Å². The maximum atomic E-state index is 13.0. The van der Waals surface area contributed by atoms with Crippen LogP contribution in [0, 0.1) is 13.8 Å². The largest absolute Gasteiger partial charge is 0.361 e. The van der Waals surface area contributed by atoms with Crippen LogP contribution in [0.1, 0.15) is 35.7 Å². The zero-order chi connectivity index (χ0) is 17.6. The Balaban J connectivity index is 1.56. The van der Waals surface area contributed by atoms with Crippen LogP contribution in [0.3, 0.4) is 0 Å². The average Bonchev–Trinajstić information content (AvgIpc) is 3.18. The Labute approximate surface area is 147 Å². The molecule has 1 saturated heterocycles. The fourth-order valence-corrected chi connectivity index (χ4v) is 5.69. The molecule has 3 heterocycles. The van der Waals surface area contributed by atoms with Crippen molar-refractivity contribution in [2.24, 2.45) is 0 Å². The van der Waals surface area contributed by atoms with Gasteiger partial charge in [-0.1, -0.05) is 18.2 Å². The number of hydrogen-bond acceptors (Lipinski definition) is 3. The van der Waals surface area contributed by atoms with Gasteiger partial charge in [0.05, 0.1) is 11.4 Å². The molecule has 0 unspecified atom stereocenters. The number of hydrogen-bond donors (Lipinski definition) is 2. The van der Waals surface area contributed by atoms with E-state index in [2.05, 4.69) is 33.5 Å². The Morgan fingerprint density at radius 3 is 2.56 bits per heavy atom. The summed E-state index contributed by atoms with van der Waals surface area (Å²) < 4.78 is 27.5. The highest BCUT2D eigenvalue weighted by Gasteiger charge is 2.33. The third-order valence-electron chi connectivity index (χ3n) is 5.17. The zero-order valence-corrected chi connectivity index (χ0v) is 15.2. The summed E-state index contributed by atoms with van der Waals surface area (Å²) in [5.74, 6) is 0.383. The molecule has 7 heteroatoms. The molecular formula is C18H22N4O2S. The van der Waals surface area contributed by atoms with Crippen LogP contribution in [0.15, 0.2) is 35.4 Å². The van der Waals surface area contributed by atoms with Gasteiger partial charge in [-0.15, -0.1) is 0 Å². The Hall–Kier alpha value is -2.12. The maximum absolute atomic E-state index is 13.0. The Morgan fingerprint density at radius 2 is 1.88 bits per heavy atom. The van der Waals surface area contributed by atoms with Crippen LogP contribution in [0.2, 0.25) is 0 Å². The quantitative estimate of drug-likeness (QED) is 0.755. The molecule has 1 aromatic carbocycles. The summed E-state index contributed by atoms with van der Waals surface area (Å²) in [5, 5.41) is 8.05. The van der Waals surface area contributed by atoms with Crippen molar-refractivity contribution in [2.45, 2.75) is 37.5 Å². The number of sulfonamides is 1. The summed E-state index contributed by atoms with van der Waals surface area (Å²) >= 11 is 0. The lowest BCUT2D eigenvalue weighted by atomic mass is 9.90. The van der Waals surface area contributed by atoms with Gasteiger partial charge in [-0.2, -0.15) is 9.40 Å². The molecule has 0 bridgehead atoms. The SMILES string of the molecule is Cc1n[nH]c(C)c1S(=O)(=O)N1CCC(c2c[nH]c3ccccc23)CC1. The van der Waals surface area contributed by atoms with Gasteiger partial charge in [0.15, 0.2) is 0 Å². The van der Waals surface area contributed by atoms with Crippen LogP contribution in [-0.2, 0) is 10.0 Å². The van der Waals surface area contributed by atoms with Crippen LogP contribution in [-0.4, -0.2) is 41.0 Å². The van der Waals surface area contributed by atoms with Crippen LogP contribution in [0.5, 0.6) is 0 Å². The van der Waals surface area contributed by atoms with E-state index in [0.717, 1.165) is 18.4 Å². The van der Waals surface area contributed by atoms with Crippen molar-refractivity contribution >= 4 is 20.9 Å². The lowest BCUT2D eigenvalue weighted by molar-refractivity contribution is 0.320. The molecule has 6 nitrogen and oxygen atoms in total. The summed E-state index contributed by atoms with van der Waals surface area (Å²) in [6, 6.07) is 8.27. The number of nitrogens with one attached hydrogen (secondary N) is 2. The molecule has 0 atom stereocenters. The molecule has 25 heavy (non-hydrogen) atoms. The van der Waals surface area contributed by atoms with Gasteiger partial charge in [0.1, 0.15) is 4.90 Å². The molecule has 0 spiro atoms. The standard InChI is InChI=1S/C18H22N4O2S/c1-12-18(13(2)21-20-12)25(23,24)22-9-7-14(8-10-22)16-11-19-17-6-4-3-5-15(16)17/h3-6,11,14,19H,7-10H2,1-2H3,(H,20,21). The van der Waals surface area contributed by atoms with Crippen molar-refractivity contribution < 1.29 is 8.42 Å². The number of rotatable bonds is 3. The van der Waals surface area contributed by atoms with Gasteiger partial charge < -0.3 is 4.98 Å². The summed E-state index contributed by atoms with van der Waals surface area (Å²) in [6.45, 7) is 4.56. The maximum Gasteiger partial charge on any atom is 0.246 e. The topological polar surface area (TPSA) is 81.8 Å². The summed E-state index contributed by atoms with van der Waals surface area (Å²) in [5.41, 5.74) is 3.58. The molecule has 2 aromatic heterocycles. The fraction of sp³-hybridized carbons (Fsp3) is 0.389. The summed E-state index contributed by atoms with van der Waals surface area (Å²) in [7, 11) is -3.48. The van der Waals surface area contributed by atoms with E-state index in [0.29, 0.717) is 35.3 Å². The number of H-pyrrole nitrogens is 2. The van der Waals surface area contributed by atoms with Gasteiger partial charge in [-0.05, 0) is 44.2 Å². The average molecular weight is 358 g/mol. The highest BCUT2D eigenvalue weighted by molar-refractivity contribution is 7.89. The number of aromatic amines is 2. The molecule has 0 aliphatic carbocycles. The van der Waals surface area contributed by atoms with E-state index >= 15 is 0 Å². The highest BCUT2D eigenvalue weighted by atomic mass is 32.2. The first-order chi connectivity index (χ1) is 12.0. The molecule has 1 aliphatic rings. The van der Waals surface area contributed by atoms with Crippen molar-refractivity contribution in [1.82, 2.24) is 19.5 Å². The zero-order valence-electron chi connectivity index (χ0n) is 14.4. The molecule has 4 rings (SSSR count). The van der Waals surface area contributed by atoms with Crippen LogP contribution in [0.4, 0.5) is 0 Å². The Bertz CT molecular complexity index is 991. The predicted molar refractivity (Wildman–Crippen MR) is 97.1 cm³/mol. The number of fused-ring (bicyclic) bond motifs is 1. The van der Waals surface area contributed by atoms with Gasteiger partial charge in [-0.25, -0.2) is 8.42 Å². The minimum absolute atomic E-state index is 0.332. The van der Waals surface area contributed by atoms with E-state index in [9.17, 15) is 8.42 Å². The van der Waals surface area contributed by atoms with E-state index in [1.54, 1.807) is 18.2 Å². The number of aromatic nitrogens is 3. The van der Waals surface area contributed by atoms with E-state index in [4.69, 9.17) is 0 Å². The number of para-hydroxylation sites is 1. The molecule has 132 valence electrons. The van der Waals surface area contributed by atoms with Crippen LogP contribution in [0.25, 0.3) is 10.9 Å². The first-order valence-electron chi connectivity index (χ1n) is 8.56. The summed E-state index contributed by atoms with van der Waals surface area (Å²) in [4.78, 5) is 3.65. The van der Waals surface area contributed by atoms with E-state index in [1.165, 1.54) is 10.9 Å². The minimum Gasteiger partial charge on any atom is -0.361 e. The van der Waals surface area contributed by atoms with E-state index in [1.807, 2.05) is 12.1 Å². The van der Waals surface area contributed by atoms with Crippen LogP contribution >= 0.6 is 0 Å². The Morgan fingerprint density at radius 1 is 1.16 bits per heavy atom. The highest BCUT2D eigenvalue weighted by Crippen LogP contribution is 2.35. The molecule has 0 amide bonds. The lowest BCUT2D eigenvalue weighted by Gasteiger charge is -2.31. The number of nitrogens with zero attached hydrogens (tertiary/aromatic N) is 2. The van der Waals surface area contributed by atoms with E-state index < -0.39 is 10.0 Å². The van der Waals surface area contributed by atoms with Crippen molar-refractivity contribution in [3.63, 3.8) is 0 Å². The third-order valence-corrected chi connectivity index (χ3v) is 7.34. The Kier molecular flexibility index (Phi) is 3.92. The number of piperidine rings is 1. The van der Waals surface area contributed by atoms with Gasteiger partial charge >= 0.3 is 0 Å². The van der Waals surface area contributed by atoms with Crippen molar-refractivity contribution in [1.29, 1.82) is 0 Å². The third kappa shape index (κ3) is 2.67. The minimum atomic E-state index is -3.48. The van der Waals surface area contributed by atoms with Gasteiger partial charge in [0.2, 0.25) is 10.0 Å². The molecule has 0 radical (unpaired) electrons. The molecule has 0 saturated carbocycles. The van der Waals surface area contributed by atoms with E-state index in [-0.39, 0.29) is 0 Å². The first kappa shape index (κ1) is 16.4. The predicted octanol–water partition coefficient (Wildman–Crippen LogP) is 3.08.